The number of H-pyrrole nitrogens is 2. The van der Waals surface area contributed by atoms with Gasteiger partial charge in [0.15, 0.2) is 0 Å². The number of aromatic amines is 2. The number of unbranched alkanes of at least 4 members (excludes halogenated alkanes) is 1. The van der Waals surface area contributed by atoms with Crippen LogP contribution in [0.15, 0.2) is 17.3 Å². The van der Waals surface area contributed by atoms with Gasteiger partial charge in [0.2, 0.25) is 0 Å². The number of fused-ring (bicyclic) bond motifs is 1. The molecule has 2 aromatic rings. The Morgan fingerprint density at radius 2 is 2.16 bits per heavy atom. The molecule has 106 valence electrons. The minimum absolute atomic E-state index is 0.122. The van der Waals surface area contributed by atoms with Gasteiger partial charge < -0.3 is 15.7 Å². The molecule has 0 aliphatic rings. The third-order valence-corrected chi connectivity index (χ3v) is 3.59. The van der Waals surface area contributed by atoms with Crippen molar-refractivity contribution in [3.8, 4) is 0 Å². The maximum Gasteiger partial charge on any atom is 0.275 e. The molecule has 0 aliphatic heterocycles. The molecule has 0 bridgehead atoms. The molecule has 0 spiro atoms. The summed E-state index contributed by atoms with van der Waals surface area (Å²) in [6, 6.07) is 0. The summed E-state index contributed by atoms with van der Waals surface area (Å²) >= 11 is 1.99. The number of nitrogens with one attached hydrogen (secondary N) is 2. The van der Waals surface area contributed by atoms with E-state index in [0.29, 0.717) is 5.52 Å². The number of aryl methyl sites for hydroxylation is 1. The fourth-order valence-corrected chi connectivity index (χ4v) is 2.27. The van der Waals surface area contributed by atoms with Crippen LogP contribution in [-0.2, 0) is 0 Å². The average molecular weight is 282 g/mol. The summed E-state index contributed by atoms with van der Waals surface area (Å²) < 4.78 is 0. The molecule has 2 heterocycles. The van der Waals surface area contributed by atoms with Crippen molar-refractivity contribution in [3.05, 3.63) is 28.4 Å². The summed E-state index contributed by atoms with van der Waals surface area (Å²) in [4.78, 5) is 20.4. The van der Waals surface area contributed by atoms with Crippen LogP contribution in [0.5, 0.6) is 0 Å². The van der Waals surface area contributed by atoms with Crippen molar-refractivity contribution in [2.75, 3.05) is 18.1 Å². The lowest BCUT2D eigenvalue weighted by atomic mass is 10.3. The van der Waals surface area contributed by atoms with Gasteiger partial charge in [-0.2, -0.15) is 11.8 Å². The average Bonchev–Trinajstić information content (AvgIpc) is 2.79. The normalized spacial score (nSPS) is 10.3. The van der Waals surface area contributed by atoms with E-state index < -0.39 is 0 Å². The van der Waals surface area contributed by atoms with Crippen LogP contribution in [0, 0.1) is 6.92 Å². The minimum atomic E-state index is -0.122. The van der Waals surface area contributed by atoms with E-state index in [2.05, 4.69) is 21.9 Å². The van der Waals surface area contributed by atoms with Crippen molar-refractivity contribution in [1.29, 1.82) is 0 Å². The molecule has 19 heavy (non-hydrogen) atoms. The van der Waals surface area contributed by atoms with Crippen molar-refractivity contribution in [2.45, 2.75) is 26.7 Å². The molecule has 0 amide bonds. The Bertz CT molecular complexity index is 529. The van der Waals surface area contributed by atoms with Gasteiger partial charge >= 0.3 is 0 Å². The summed E-state index contributed by atoms with van der Waals surface area (Å²) in [6.07, 6.45) is 5.65. The molecular weight excluding hydrogens is 260 g/mol. The van der Waals surface area contributed by atoms with E-state index in [1.807, 2.05) is 18.7 Å². The van der Waals surface area contributed by atoms with Gasteiger partial charge in [-0.05, 0) is 43.4 Å². The first-order valence-corrected chi connectivity index (χ1v) is 7.65. The lowest BCUT2D eigenvalue weighted by Gasteiger charge is -1.94. The number of nitrogens with zero attached hydrogens (tertiary/aromatic N) is 1. The molecule has 4 N–H and O–H groups in total. The van der Waals surface area contributed by atoms with Crippen molar-refractivity contribution in [1.82, 2.24) is 15.0 Å². The van der Waals surface area contributed by atoms with E-state index in [1.54, 1.807) is 6.20 Å². The highest BCUT2D eigenvalue weighted by atomic mass is 32.2. The molecule has 0 radical (unpaired) electrons. The second kappa shape index (κ2) is 8.77. The maximum atomic E-state index is 11.1. The van der Waals surface area contributed by atoms with Crippen LogP contribution in [-0.4, -0.2) is 33.0 Å². The number of nitrogens with two attached hydrogens (primary N) is 1. The Labute approximate surface area is 117 Å². The third-order valence-electron chi connectivity index (χ3n) is 2.61. The van der Waals surface area contributed by atoms with Crippen LogP contribution < -0.4 is 11.3 Å². The van der Waals surface area contributed by atoms with Crippen molar-refractivity contribution in [2.24, 2.45) is 5.73 Å². The first-order chi connectivity index (χ1) is 9.20. The predicted molar refractivity (Wildman–Crippen MR) is 82.7 cm³/mol. The van der Waals surface area contributed by atoms with E-state index in [1.165, 1.54) is 30.7 Å². The first kappa shape index (κ1) is 15.8. The number of hydrogen-bond donors (Lipinski definition) is 3. The number of rotatable bonds is 5. The summed E-state index contributed by atoms with van der Waals surface area (Å²) in [6.45, 7) is 4.95. The highest BCUT2D eigenvalue weighted by Crippen LogP contribution is 2.08. The zero-order chi connectivity index (χ0) is 14.1. The topological polar surface area (TPSA) is 87.6 Å². The van der Waals surface area contributed by atoms with Gasteiger partial charge in [-0.3, -0.25) is 4.79 Å². The summed E-state index contributed by atoms with van der Waals surface area (Å²) in [7, 11) is 0. The van der Waals surface area contributed by atoms with Crippen molar-refractivity contribution in [3.63, 3.8) is 0 Å². The fraction of sp³-hybridized carbons (Fsp3) is 0.538. The zero-order valence-electron chi connectivity index (χ0n) is 11.5. The summed E-state index contributed by atoms with van der Waals surface area (Å²) in [5, 5.41) is 0. The van der Waals surface area contributed by atoms with Crippen molar-refractivity contribution < 1.29 is 0 Å². The van der Waals surface area contributed by atoms with E-state index in [0.717, 1.165) is 17.6 Å². The molecule has 0 fully saturated rings. The van der Waals surface area contributed by atoms with Crippen LogP contribution in [0.4, 0.5) is 0 Å². The smallest absolute Gasteiger partial charge is 0.275 e. The molecule has 2 aromatic heterocycles. The molecule has 2 rings (SSSR count). The Kier molecular flexibility index (Phi) is 7.28. The summed E-state index contributed by atoms with van der Waals surface area (Å²) in [5.74, 6) is 2.53. The largest absolute Gasteiger partial charge is 0.355 e. The monoisotopic (exact) mass is 282 g/mol. The quantitative estimate of drug-likeness (QED) is 0.732. The van der Waals surface area contributed by atoms with Gasteiger partial charge in [0, 0.05) is 6.20 Å². The van der Waals surface area contributed by atoms with E-state index >= 15 is 0 Å². The SMILES string of the molecule is CCSCCCCN.Cc1c[nH]c2c(=O)[nH]cnc12. The van der Waals surface area contributed by atoms with Crippen molar-refractivity contribution >= 4 is 22.8 Å². The molecule has 0 aromatic carbocycles. The number of hydrogen-bond acceptors (Lipinski definition) is 4. The van der Waals surface area contributed by atoms with E-state index in [-0.39, 0.29) is 5.56 Å². The van der Waals surface area contributed by atoms with Gasteiger partial charge in [-0.15, -0.1) is 0 Å². The maximum absolute atomic E-state index is 11.1. The highest BCUT2D eigenvalue weighted by molar-refractivity contribution is 7.99. The van der Waals surface area contributed by atoms with Crippen LogP contribution in [0.1, 0.15) is 25.3 Å². The molecule has 0 aliphatic carbocycles. The van der Waals surface area contributed by atoms with Gasteiger partial charge in [-0.25, -0.2) is 4.98 Å². The Balaban J connectivity index is 0.000000203. The fourth-order valence-electron chi connectivity index (χ4n) is 1.57. The van der Waals surface area contributed by atoms with Crippen LogP contribution in [0.3, 0.4) is 0 Å². The predicted octanol–water partition coefficient (Wildman–Crippen LogP) is 2.04. The molecular formula is C13H22N4OS. The first-order valence-electron chi connectivity index (χ1n) is 6.49. The molecule has 5 nitrogen and oxygen atoms in total. The second-order valence-electron chi connectivity index (χ2n) is 4.12. The molecule has 0 saturated carbocycles. The highest BCUT2D eigenvalue weighted by Gasteiger charge is 2.01. The van der Waals surface area contributed by atoms with Gasteiger partial charge in [-0.1, -0.05) is 6.92 Å². The second-order valence-corrected chi connectivity index (χ2v) is 5.51. The van der Waals surface area contributed by atoms with Gasteiger partial charge in [0.1, 0.15) is 5.52 Å². The Morgan fingerprint density at radius 3 is 2.79 bits per heavy atom. The molecule has 0 atom stereocenters. The van der Waals surface area contributed by atoms with Gasteiger partial charge in [0.05, 0.1) is 11.8 Å². The van der Waals surface area contributed by atoms with Crippen LogP contribution in [0.2, 0.25) is 0 Å². The van der Waals surface area contributed by atoms with Gasteiger partial charge in [0.25, 0.3) is 5.56 Å². The van der Waals surface area contributed by atoms with Crippen LogP contribution in [0.25, 0.3) is 11.0 Å². The number of thioether (sulfide) groups is 1. The zero-order valence-corrected chi connectivity index (χ0v) is 12.3. The number of aromatic nitrogens is 3. The Hall–Kier alpha value is -1.27. The molecule has 6 heteroatoms. The molecule has 0 saturated heterocycles. The third kappa shape index (κ3) is 5.08. The summed E-state index contributed by atoms with van der Waals surface area (Å²) in [5.41, 5.74) is 7.46. The standard InChI is InChI=1S/C7H7N3O.C6H15NS/c1-4-2-8-6-5(4)9-3-10-7(6)11;1-2-8-6-4-3-5-7/h2-3,8H,1H3,(H,9,10,11);2-7H2,1H3. The lowest BCUT2D eigenvalue weighted by molar-refractivity contribution is 0.814. The Morgan fingerprint density at radius 1 is 1.37 bits per heavy atom. The van der Waals surface area contributed by atoms with E-state index in [4.69, 9.17) is 5.73 Å². The lowest BCUT2D eigenvalue weighted by Crippen LogP contribution is -2.05. The minimum Gasteiger partial charge on any atom is -0.355 e. The van der Waals surface area contributed by atoms with Crippen LogP contribution >= 0.6 is 11.8 Å². The molecule has 0 unspecified atom stereocenters. The van der Waals surface area contributed by atoms with E-state index in [9.17, 15) is 4.79 Å².